The van der Waals surface area contributed by atoms with Crippen LogP contribution in [0.4, 0.5) is 4.39 Å². The fourth-order valence-electron chi connectivity index (χ4n) is 1.31. The van der Waals surface area contributed by atoms with Crippen molar-refractivity contribution >= 4 is 23.2 Å². The van der Waals surface area contributed by atoms with Gasteiger partial charge in [-0.15, -0.1) is 0 Å². The van der Waals surface area contributed by atoms with E-state index >= 15 is 0 Å². The third kappa shape index (κ3) is 1.26. The maximum absolute atomic E-state index is 12.9. The molecule has 0 radical (unpaired) electrons. The average molecular weight is 211 g/mol. The molecule has 2 nitrogen and oxygen atoms in total. The van der Waals surface area contributed by atoms with Gasteiger partial charge in [-0.2, -0.15) is 0 Å². The molecule has 0 aliphatic heterocycles. The van der Waals surface area contributed by atoms with Gasteiger partial charge in [0.15, 0.2) is 11.6 Å². The first-order valence-electron chi connectivity index (χ1n) is 3.85. The number of fused-ring (bicyclic) bond motifs is 1. The zero-order chi connectivity index (χ0) is 10.3. The summed E-state index contributed by atoms with van der Waals surface area (Å²) in [6.07, 6.45) is 0.693. The van der Waals surface area contributed by atoms with Gasteiger partial charge in [-0.1, -0.05) is 11.6 Å². The van der Waals surface area contributed by atoms with Crippen molar-refractivity contribution in [1.29, 1.82) is 0 Å². The second-order valence-corrected chi connectivity index (χ2v) is 3.31. The molecule has 14 heavy (non-hydrogen) atoms. The molecule has 70 valence electrons. The molecular formula is C10H4ClFO2. The summed E-state index contributed by atoms with van der Waals surface area (Å²) in [4.78, 5) is 22.5. The molecule has 1 aromatic carbocycles. The first kappa shape index (κ1) is 9.09. The molecule has 0 heterocycles. The Morgan fingerprint density at radius 3 is 2.57 bits per heavy atom. The number of carbonyl (C=O) groups excluding carboxylic acids is 2. The van der Waals surface area contributed by atoms with E-state index in [-0.39, 0.29) is 11.1 Å². The summed E-state index contributed by atoms with van der Waals surface area (Å²) in [5.74, 6) is -2.33. The molecule has 0 unspecified atom stereocenters. The summed E-state index contributed by atoms with van der Waals surface area (Å²) in [5.41, 5.74) is 0.225. The number of hydrogen-bond donors (Lipinski definition) is 0. The van der Waals surface area contributed by atoms with Crippen molar-refractivity contribution in [2.45, 2.75) is 0 Å². The zero-order valence-corrected chi connectivity index (χ0v) is 7.64. The Balaban J connectivity index is 2.69. The highest BCUT2D eigenvalue weighted by Gasteiger charge is 2.25. The van der Waals surface area contributed by atoms with Gasteiger partial charge in [0.05, 0.1) is 0 Å². The summed E-state index contributed by atoms with van der Waals surface area (Å²) in [6.45, 7) is 0. The van der Waals surface area contributed by atoms with Crippen molar-refractivity contribution in [3.05, 3.63) is 46.3 Å². The van der Waals surface area contributed by atoms with E-state index in [1.54, 1.807) is 0 Å². The Morgan fingerprint density at radius 2 is 1.86 bits per heavy atom. The van der Waals surface area contributed by atoms with Crippen LogP contribution >= 0.6 is 11.6 Å². The fraction of sp³-hybridized carbons (Fsp3) is 0. The monoisotopic (exact) mass is 210 g/mol. The normalized spacial score (nSPS) is 15.1. The van der Waals surface area contributed by atoms with Crippen molar-refractivity contribution in [2.24, 2.45) is 0 Å². The average Bonchev–Trinajstić information content (AvgIpc) is 2.14. The van der Waals surface area contributed by atoms with E-state index in [9.17, 15) is 14.0 Å². The fourth-order valence-corrected chi connectivity index (χ4v) is 1.48. The van der Waals surface area contributed by atoms with Crippen LogP contribution in [0.5, 0.6) is 0 Å². The lowest BCUT2D eigenvalue weighted by Crippen LogP contribution is -2.14. The van der Waals surface area contributed by atoms with E-state index in [0.29, 0.717) is 11.1 Å². The summed E-state index contributed by atoms with van der Waals surface area (Å²) in [7, 11) is 0. The lowest BCUT2D eigenvalue weighted by atomic mass is 9.94. The minimum Gasteiger partial charge on any atom is -0.289 e. The van der Waals surface area contributed by atoms with Crippen LogP contribution in [0.1, 0.15) is 20.7 Å². The standard InChI is InChI=1S/C10H4ClFO2/c11-5-1-2-6-7(3-5)10(14)8(12)4-9(6)13/h1-4H. The molecule has 1 aliphatic carbocycles. The molecule has 0 saturated heterocycles. The molecule has 4 heteroatoms. The minimum atomic E-state index is -1.04. The largest absolute Gasteiger partial charge is 0.289 e. The summed E-state index contributed by atoms with van der Waals surface area (Å²) >= 11 is 5.63. The molecule has 0 spiro atoms. The number of rotatable bonds is 0. The molecule has 0 saturated carbocycles. The third-order valence-corrected chi connectivity index (χ3v) is 2.20. The topological polar surface area (TPSA) is 34.1 Å². The highest BCUT2D eigenvalue weighted by molar-refractivity contribution is 6.32. The number of benzene rings is 1. The zero-order valence-electron chi connectivity index (χ0n) is 6.88. The van der Waals surface area contributed by atoms with Gasteiger partial charge in [-0.05, 0) is 18.2 Å². The molecule has 2 rings (SSSR count). The van der Waals surface area contributed by atoms with E-state index in [1.807, 2.05) is 0 Å². The second-order valence-electron chi connectivity index (χ2n) is 2.88. The lowest BCUT2D eigenvalue weighted by molar-refractivity contribution is 0.0963. The molecule has 0 atom stereocenters. The van der Waals surface area contributed by atoms with Crippen LogP contribution < -0.4 is 0 Å². The number of Topliss-reactive ketones (excluding diaryl/α,β-unsaturated/α-hetero) is 1. The van der Waals surface area contributed by atoms with Crippen molar-refractivity contribution in [3.8, 4) is 0 Å². The Kier molecular flexibility index (Phi) is 1.97. The van der Waals surface area contributed by atoms with Gasteiger partial charge in [0, 0.05) is 22.2 Å². The van der Waals surface area contributed by atoms with E-state index in [4.69, 9.17) is 11.6 Å². The molecule has 0 aromatic heterocycles. The molecule has 0 bridgehead atoms. The second kappa shape index (κ2) is 3.03. The highest BCUT2D eigenvalue weighted by atomic mass is 35.5. The van der Waals surface area contributed by atoms with Crippen LogP contribution in [0.25, 0.3) is 0 Å². The number of allylic oxidation sites excluding steroid dienone is 2. The van der Waals surface area contributed by atoms with Gasteiger partial charge in [-0.25, -0.2) is 4.39 Å². The molecule has 0 fully saturated rings. The first-order valence-corrected chi connectivity index (χ1v) is 4.23. The summed E-state index contributed by atoms with van der Waals surface area (Å²) < 4.78 is 12.9. The maximum Gasteiger partial charge on any atom is 0.222 e. The number of ketones is 2. The van der Waals surface area contributed by atoms with E-state index in [1.165, 1.54) is 18.2 Å². The first-order chi connectivity index (χ1) is 6.59. The highest BCUT2D eigenvalue weighted by Crippen LogP contribution is 2.24. The number of hydrogen-bond acceptors (Lipinski definition) is 2. The van der Waals surface area contributed by atoms with Crippen molar-refractivity contribution < 1.29 is 14.0 Å². The number of halogens is 2. The molecule has 1 aliphatic rings. The van der Waals surface area contributed by atoms with Gasteiger partial charge < -0.3 is 0 Å². The molecule has 1 aromatic rings. The van der Waals surface area contributed by atoms with Crippen molar-refractivity contribution in [3.63, 3.8) is 0 Å². The minimum absolute atomic E-state index is 0.0301. The van der Waals surface area contributed by atoms with Crippen molar-refractivity contribution in [1.82, 2.24) is 0 Å². The molecule has 0 amide bonds. The third-order valence-electron chi connectivity index (χ3n) is 1.97. The van der Waals surface area contributed by atoms with Crippen LogP contribution in [0, 0.1) is 0 Å². The lowest BCUT2D eigenvalue weighted by Gasteiger charge is -2.09. The Hall–Kier alpha value is -1.48. The summed E-state index contributed by atoms with van der Waals surface area (Å²) in [6, 6.07) is 4.20. The van der Waals surface area contributed by atoms with Gasteiger partial charge >= 0.3 is 0 Å². The predicted molar refractivity (Wildman–Crippen MR) is 49.3 cm³/mol. The van der Waals surface area contributed by atoms with E-state index in [2.05, 4.69) is 0 Å². The molecular weight excluding hydrogens is 207 g/mol. The van der Waals surface area contributed by atoms with Crippen LogP contribution in [-0.4, -0.2) is 11.6 Å². The van der Waals surface area contributed by atoms with E-state index in [0.717, 1.165) is 0 Å². The van der Waals surface area contributed by atoms with Crippen LogP contribution in [0.3, 0.4) is 0 Å². The Labute approximate surface area is 84.0 Å². The van der Waals surface area contributed by atoms with Crippen LogP contribution in [-0.2, 0) is 0 Å². The van der Waals surface area contributed by atoms with Gasteiger partial charge in [0.25, 0.3) is 0 Å². The Bertz CT molecular complexity index is 477. The Morgan fingerprint density at radius 1 is 1.14 bits per heavy atom. The van der Waals surface area contributed by atoms with Gasteiger partial charge in [0.2, 0.25) is 5.78 Å². The van der Waals surface area contributed by atoms with Crippen molar-refractivity contribution in [2.75, 3.05) is 0 Å². The molecule has 0 N–H and O–H groups in total. The smallest absolute Gasteiger partial charge is 0.222 e. The summed E-state index contributed by atoms with van der Waals surface area (Å²) in [5, 5.41) is 0.305. The quantitative estimate of drug-likeness (QED) is 0.660. The van der Waals surface area contributed by atoms with Crippen LogP contribution in [0.2, 0.25) is 5.02 Å². The van der Waals surface area contributed by atoms with Crippen LogP contribution in [0.15, 0.2) is 30.1 Å². The predicted octanol–water partition coefficient (Wildman–Crippen LogP) is 2.57. The number of carbonyl (C=O) groups is 2. The van der Waals surface area contributed by atoms with Gasteiger partial charge in [0.1, 0.15) is 0 Å². The van der Waals surface area contributed by atoms with E-state index < -0.39 is 17.4 Å². The SMILES string of the molecule is O=C1C=C(F)C(=O)c2cc(Cl)ccc21. The van der Waals surface area contributed by atoms with Gasteiger partial charge in [-0.3, -0.25) is 9.59 Å². The maximum atomic E-state index is 12.9.